The number of aromatic amines is 1. The van der Waals surface area contributed by atoms with Crippen LogP contribution in [0.3, 0.4) is 0 Å². The van der Waals surface area contributed by atoms with E-state index in [1.807, 2.05) is 27.7 Å². The van der Waals surface area contributed by atoms with Gasteiger partial charge >= 0.3 is 0 Å². The van der Waals surface area contributed by atoms with Crippen LogP contribution in [0.2, 0.25) is 0 Å². The molecule has 1 aliphatic heterocycles. The molecule has 2 heterocycles. The van der Waals surface area contributed by atoms with E-state index in [1.54, 1.807) is 0 Å². The van der Waals surface area contributed by atoms with Crippen molar-refractivity contribution in [2.75, 3.05) is 19.7 Å². The third-order valence-electron chi connectivity index (χ3n) is 4.24. The number of Topliss-reactive ketones (excluding diaryl/α,β-unsaturated/α-hetero) is 2. The molecule has 0 unspecified atom stereocenters. The van der Waals surface area contributed by atoms with Gasteiger partial charge < -0.3 is 9.72 Å². The predicted octanol–water partition coefficient (Wildman–Crippen LogP) is 2.13. The van der Waals surface area contributed by atoms with Crippen LogP contribution in [0.5, 0.6) is 0 Å². The van der Waals surface area contributed by atoms with Crippen molar-refractivity contribution in [3.8, 4) is 0 Å². The van der Waals surface area contributed by atoms with Crippen molar-refractivity contribution in [2.24, 2.45) is 0 Å². The lowest BCUT2D eigenvalue weighted by Gasteiger charge is -2.34. The smallest absolute Gasteiger partial charge is 0.196 e. The predicted molar refractivity (Wildman–Crippen MR) is 81.1 cm³/mol. The first kappa shape index (κ1) is 15.9. The van der Waals surface area contributed by atoms with Gasteiger partial charge in [0, 0.05) is 24.3 Å². The standard InChI is InChI=1S/C16H24N2O3/c1-9-8-18(6-7-21-9)12(4)16(20)15-10(2)14(13(5)19)11(3)17-15/h9,12,17H,6-8H2,1-5H3/t9-,12-/m1/s1. The number of carbonyl (C=O) groups is 2. The average molecular weight is 292 g/mol. The van der Waals surface area contributed by atoms with E-state index in [1.165, 1.54) is 6.92 Å². The Kier molecular flexibility index (Phi) is 4.64. The van der Waals surface area contributed by atoms with Crippen LogP contribution < -0.4 is 0 Å². The largest absolute Gasteiger partial charge is 0.376 e. The molecule has 5 nitrogen and oxygen atoms in total. The van der Waals surface area contributed by atoms with E-state index >= 15 is 0 Å². The number of hydrogen-bond acceptors (Lipinski definition) is 4. The van der Waals surface area contributed by atoms with E-state index < -0.39 is 0 Å². The van der Waals surface area contributed by atoms with E-state index in [0.717, 1.165) is 24.3 Å². The molecule has 0 aliphatic carbocycles. The quantitative estimate of drug-likeness (QED) is 0.864. The molecule has 0 amide bonds. The molecule has 2 atom stereocenters. The molecule has 0 radical (unpaired) electrons. The highest BCUT2D eigenvalue weighted by molar-refractivity contribution is 6.05. The van der Waals surface area contributed by atoms with Gasteiger partial charge in [0.2, 0.25) is 0 Å². The highest BCUT2D eigenvalue weighted by Gasteiger charge is 2.29. The molecule has 1 N–H and O–H groups in total. The number of ketones is 2. The normalized spacial score (nSPS) is 21.3. The SMILES string of the molecule is CC(=O)c1c(C)[nH]c(C(=O)[C@@H](C)N2CCO[C@H](C)C2)c1C. The number of morpholine rings is 1. The molecule has 0 bridgehead atoms. The lowest BCUT2D eigenvalue weighted by atomic mass is 10.0. The number of nitrogens with zero attached hydrogens (tertiary/aromatic N) is 1. The van der Waals surface area contributed by atoms with Crippen molar-refractivity contribution >= 4 is 11.6 Å². The zero-order valence-electron chi connectivity index (χ0n) is 13.4. The second-order valence-electron chi connectivity index (χ2n) is 5.90. The first-order valence-corrected chi connectivity index (χ1v) is 7.42. The number of aryl methyl sites for hydroxylation is 1. The van der Waals surface area contributed by atoms with Crippen molar-refractivity contribution in [1.29, 1.82) is 0 Å². The van der Waals surface area contributed by atoms with E-state index in [9.17, 15) is 9.59 Å². The summed E-state index contributed by atoms with van der Waals surface area (Å²) in [7, 11) is 0. The fourth-order valence-corrected chi connectivity index (χ4v) is 3.10. The Labute approximate surface area is 125 Å². The molecule has 21 heavy (non-hydrogen) atoms. The molecular weight excluding hydrogens is 268 g/mol. The monoisotopic (exact) mass is 292 g/mol. The van der Waals surface area contributed by atoms with Crippen LogP contribution in [-0.2, 0) is 4.74 Å². The number of nitrogens with one attached hydrogen (secondary N) is 1. The number of rotatable bonds is 4. The zero-order chi connectivity index (χ0) is 15.7. The van der Waals surface area contributed by atoms with Gasteiger partial charge in [0.25, 0.3) is 0 Å². The van der Waals surface area contributed by atoms with Crippen LogP contribution in [0, 0.1) is 13.8 Å². The average Bonchev–Trinajstić information content (AvgIpc) is 2.72. The van der Waals surface area contributed by atoms with Gasteiger partial charge in [-0.1, -0.05) is 0 Å². The molecule has 1 saturated heterocycles. The van der Waals surface area contributed by atoms with Gasteiger partial charge in [0.1, 0.15) is 0 Å². The molecule has 1 aromatic rings. The number of ether oxygens (including phenoxy) is 1. The lowest BCUT2D eigenvalue weighted by Crippen LogP contribution is -2.48. The van der Waals surface area contributed by atoms with Crippen molar-refractivity contribution in [2.45, 2.75) is 46.8 Å². The van der Waals surface area contributed by atoms with Gasteiger partial charge in [-0.05, 0) is 40.2 Å². The molecule has 116 valence electrons. The molecule has 5 heteroatoms. The minimum absolute atomic E-state index is 0.00653. The highest BCUT2D eigenvalue weighted by Crippen LogP contribution is 2.21. The molecule has 2 rings (SSSR count). The second kappa shape index (κ2) is 6.12. The molecular formula is C16H24N2O3. The Morgan fingerprint density at radius 3 is 2.57 bits per heavy atom. The third kappa shape index (κ3) is 3.09. The number of carbonyl (C=O) groups excluding carboxylic acids is 2. The summed E-state index contributed by atoms with van der Waals surface area (Å²) in [5, 5.41) is 0. The van der Waals surface area contributed by atoms with Crippen molar-refractivity contribution < 1.29 is 14.3 Å². The van der Waals surface area contributed by atoms with Gasteiger partial charge in [-0.25, -0.2) is 0 Å². The molecule has 1 aliphatic rings. The molecule has 0 aromatic carbocycles. The zero-order valence-corrected chi connectivity index (χ0v) is 13.4. The molecule has 1 aromatic heterocycles. The van der Waals surface area contributed by atoms with Crippen LogP contribution in [-0.4, -0.2) is 53.3 Å². The molecule has 1 fully saturated rings. The summed E-state index contributed by atoms with van der Waals surface area (Å²) in [5.74, 6) is 0.0325. The minimum Gasteiger partial charge on any atom is -0.376 e. The lowest BCUT2D eigenvalue weighted by molar-refractivity contribution is -0.0278. The van der Waals surface area contributed by atoms with Gasteiger partial charge in [-0.15, -0.1) is 0 Å². The van der Waals surface area contributed by atoms with Crippen molar-refractivity contribution in [3.05, 3.63) is 22.5 Å². The highest BCUT2D eigenvalue weighted by atomic mass is 16.5. The van der Waals surface area contributed by atoms with Gasteiger partial charge in [0.15, 0.2) is 11.6 Å². The van der Waals surface area contributed by atoms with Crippen LogP contribution in [0.4, 0.5) is 0 Å². The second-order valence-corrected chi connectivity index (χ2v) is 5.90. The maximum Gasteiger partial charge on any atom is 0.196 e. The Morgan fingerprint density at radius 1 is 1.38 bits per heavy atom. The molecule has 0 saturated carbocycles. The Balaban J connectivity index is 2.23. The Bertz CT molecular complexity index is 562. The summed E-state index contributed by atoms with van der Waals surface area (Å²) < 4.78 is 5.52. The maximum absolute atomic E-state index is 12.7. The first-order valence-electron chi connectivity index (χ1n) is 7.42. The Hall–Kier alpha value is -1.46. The van der Waals surface area contributed by atoms with Crippen LogP contribution >= 0.6 is 0 Å². The number of aromatic nitrogens is 1. The van der Waals surface area contributed by atoms with Crippen LogP contribution in [0.15, 0.2) is 0 Å². The summed E-state index contributed by atoms with van der Waals surface area (Å²) in [4.78, 5) is 29.6. The van der Waals surface area contributed by atoms with E-state index in [2.05, 4.69) is 9.88 Å². The maximum atomic E-state index is 12.7. The van der Waals surface area contributed by atoms with E-state index in [0.29, 0.717) is 17.9 Å². The van der Waals surface area contributed by atoms with Gasteiger partial charge in [-0.2, -0.15) is 0 Å². The minimum atomic E-state index is -0.215. The number of hydrogen-bond donors (Lipinski definition) is 1. The van der Waals surface area contributed by atoms with Crippen molar-refractivity contribution in [3.63, 3.8) is 0 Å². The van der Waals surface area contributed by atoms with Gasteiger partial charge in [0.05, 0.1) is 24.4 Å². The topological polar surface area (TPSA) is 62.4 Å². The van der Waals surface area contributed by atoms with E-state index in [-0.39, 0.29) is 23.7 Å². The summed E-state index contributed by atoms with van der Waals surface area (Å²) >= 11 is 0. The van der Waals surface area contributed by atoms with Crippen LogP contribution in [0.1, 0.15) is 52.9 Å². The first-order chi connectivity index (χ1) is 9.82. The fourth-order valence-electron chi connectivity index (χ4n) is 3.10. The molecule has 0 spiro atoms. The summed E-state index contributed by atoms with van der Waals surface area (Å²) in [6.07, 6.45) is 0.147. The number of H-pyrrole nitrogens is 1. The third-order valence-corrected chi connectivity index (χ3v) is 4.24. The van der Waals surface area contributed by atoms with Crippen molar-refractivity contribution in [1.82, 2.24) is 9.88 Å². The van der Waals surface area contributed by atoms with Crippen LogP contribution in [0.25, 0.3) is 0 Å². The van der Waals surface area contributed by atoms with E-state index in [4.69, 9.17) is 4.74 Å². The van der Waals surface area contributed by atoms with Gasteiger partial charge in [-0.3, -0.25) is 14.5 Å². The summed E-state index contributed by atoms with van der Waals surface area (Å²) in [6.45, 7) is 11.3. The Morgan fingerprint density at radius 2 is 2.05 bits per heavy atom. The summed E-state index contributed by atoms with van der Waals surface area (Å²) in [6, 6.07) is -0.215. The fraction of sp³-hybridized carbons (Fsp3) is 0.625. The summed E-state index contributed by atoms with van der Waals surface area (Å²) in [5.41, 5.74) is 2.73.